The van der Waals surface area contributed by atoms with Gasteiger partial charge in [0.1, 0.15) is 11.4 Å². The second-order valence-electron chi connectivity index (χ2n) is 6.56. The van der Waals surface area contributed by atoms with Crippen molar-refractivity contribution < 1.29 is 14.3 Å². The van der Waals surface area contributed by atoms with Crippen LogP contribution in [0.25, 0.3) is 10.8 Å². The fourth-order valence-corrected chi connectivity index (χ4v) is 3.62. The molecule has 1 N–H and O–H groups in total. The van der Waals surface area contributed by atoms with Crippen molar-refractivity contribution in [1.29, 1.82) is 0 Å². The first-order valence-electron chi connectivity index (χ1n) is 8.69. The van der Waals surface area contributed by atoms with Crippen LogP contribution in [0, 0.1) is 0 Å². The van der Waals surface area contributed by atoms with Crippen molar-refractivity contribution in [1.82, 2.24) is 0 Å². The lowest BCUT2D eigenvalue weighted by Gasteiger charge is -2.34. The van der Waals surface area contributed by atoms with E-state index in [9.17, 15) is 4.79 Å². The maximum absolute atomic E-state index is 12.0. The van der Waals surface area contributed by atoms with Gasteiger partial charge in [0.25, 0.3) is 11.6 Å². The third kappa shape index (κ3) is 2.39. The van der Waals surface area contributed by atoms with Crippen LogP contribution in [0.4, 0.5) is 11.4 Å². The van der Waals surface area contributed by atoms with Gasteiger partial charge in [0.2, 0.25) is 0 Å². The molecule has 3 aromatic carbocycles. The summed E-state index contributed by atoms with van der Waals surface area (Å²) in [4.78, 5) is 16.7. The summed E-state index contributed by atoms with van der Waals surface area (Å²) in [5, 5.41) is 5.33. The van der Waals surface area contributed by atoms with Gasteiger partial charge < -0.3 is 14.8 Å². The summed E-state index contributed by atoms with van der Waals surface area (Å²) in [7, 11) is 0. The predicted molar refractivity (Wildman–Crippen MR) is 104 cm³/mol. The highest BCUT2D eigenvalue weighted by molar-refractivity contribution is 6.06. The fraction of sp³-hybridized carbons (Fsp3) is 0.0909. The highest BCUT2D eigenvalue weighted by Crippen LogP contribution is 2.45. The zero-order chi connectivity index (χ0) is 18.4. The van der Waals surface area contributed by atoms with Crippen molar-refractivity contribution in [2.24, 2.45) is 4.99 Å². The van der Waals surface area contributed by atoms with Crippen molar-refractivity contribution >= 4 is 34.0 Å². The number of rotatable bonds is 1. The number of fused-ring (bicyclic) bond motifs is 4. The number of hydrogen-bond donors (Lipinski definition) is 1. The van der Waals surface area contributed by atoms with E-state index < -0.39 is 11.7 Å². The largest absolute Gasteiger partial charge is 0.456 e. The number of hydrogen-bond acceptors (Lipinski definition) is 5. The number of ether oxygens (including phenoxy) is 2. The normalized spacial score (nSPS) is 19.5. The molecular formula is C22H16N2O3. The third-order valence-corrected chi connectivity index (χ3v) is 4.86. The van der Waals surface area contributed by atoms with Gasteiger partial charge in [-0.3, -0.25) is 0 Å². The Bertz CT molecular complexity index is 1110. The number of aliphatic imine (C=N–C) groups is 1. The number of nitrogens with zero attached hydrogens (tertiary/aromatic N) is 1. The van der Waals surface area contributed by atoms with E-state index in [2.05, 4.69) is 11.9 Å². The van der Waals surface area contributed by atoms with Crippen LogP contribution in [0.15, 0.2) is 78.3 Å². The SMILES string of the molecule is C=CC(=O)OC1=Nc2c(ccc3ccccc23)OC12Cc1ccccc1N2. The molecule has 5 nitrogen and oxygen atoms in total. The monoisotopic (exact) mass is 356 g/mol. The second-order valence-corrected chi connectivity index (χ2v) is 6.56. The van der Waals surface area contributed by atoms with Crippen LogP contribution >= 0.6 is 0 Å². The molecular weight excluding hydrogens is 340 g/mol. The smallest absolute Gasteiger partial charge is 0.336 e. The highest BCUT2D eigenvalue weighted by Gasteiger charge is 2.49. The molecule has 132 valence electrons. The van der Waals surface area contributed by atoms with E-state index in [0.717, 1.165) is 28.1 Å². The molecule has 3 aromatic rings. The van der Waals surface area contributed by atoms with Crippen LogP contribution in [-0.4, -0.2) is 17.6 Å². The average Bonchev–Trinajstić information content (AvgIpc) is 3.07. The Morgan fingerprint density at radius 2 is 1.96 bits per heavy atom. The van der Waals surface area contributed by atoms with Crippen LogP contribution in [0.5, 0.6) is 5.75 Å². The lowest BCUT2D eigenvalue weighted by Crippen LogP contribution is -2.53. The number of carbonyl (C=O) groups is 1. The second kappa shape index (κ2) is 5.71. The molecule has 1 spiro atoms. The molecule has 2 aliphatic rings. The van der Waals surface area contributed by atoms with E-state index in [1.165, 1.54) is 0 Å². The van der Waals surface area contributed by atoms with E-state index in [1.54, 1.807) is 0 Å². The highest BCUT2D eigenvalue weighted by atomic mass is 16.6. The molecule has 0 aromatic heterocycles. The summed E-state index contributed by atoms with van der Waals surface area (Å²) in [5.74, 6) is 0.262. The molecule has 0 saturated heterocycles. The standard InChI is InChI=1S/C22H16N2O3/c1-2-19(25)26-21-22(13-15-8-4-6-10-17(15)24-22)27-18-12-11-14-7-3-5-9-16(14)20(18)23-21/h2-12,24H,1,13H2. The Kier molecular flexibility index (Phi) is 3.31. The molecule has 5 rings (SSSR count). The van der Waals surface area contributed by atoms with E-state index >= 15 is 0 Å². The minimum Gasteiger partial charge on any atom is -0.456 e. The van der Waals surface area contributed by atoms with Crippen molar-refractivity contribution in [2.45, 2.75) is 12.1 Å². The Morgan fingerprint density at radius 1 is 1.15 bits per heavy atom. The Hall–Kier alpha value is -3.60. The van der Waals surface area contributed by atoms with Gasteiger partial charge in [-0.25, -0.2) is 9.79 Å². The van der Waals surface area contributed by atoms with Gasteiger partial charge in [-0.2, -0.15) is 0 Å². The van der Waals surface area contributed by atoms with E-state index in [0.29, 0.717) is 17.9 Å². The molecule has 5 heteroatoms. The molecule has 0 aliphatic carbocycles. The first-order chi connectivity index (χ1) is 13.2. The van der Waals surface area contributed by atoms with Gasteiger partial charge in [-0.15, -0.1) is 0 Å². The van der Waals surface area contributed by atoms with Crippen LogP contribution in [0.2, 0.25) is 0 Å². The Balaban J connectivity index is 1.68. The zero-order valence-corrected chi connectivity index (χ0v) is 14.4. The molecule has 0 saturated carbocycles. The van der Waals surface area contributed by atoms with Crippen molar-refractivity contribution in [3.05, 3.63) is 78.9 Å². The number of carbonyl (C=O) groups excluding carboxylic acids is 1. The first-order valence-corrected chi connectivity index (χ1v) is 8.69. The summed E-state index contributed by atoms with van der Waals surface area (Å²) in [6.45, 7) is 3.48. The number of esters is 1. The topological polar surface area (TPSA) is 59.9 Å². The third-order valence-electron chi connectivity index (χ3n) is 4.86. The average molecular weight is 356 g/mol. The Labute approximate surface area is 155 Å². The maximum atomic E-state index is 12.0. The summed E-state index contributed by atoms with van der Waals surface area (Å²) in [6.07, 6.45) is 1.62. The number of benzene rings is 3. The summed E-state index contributed by atoms with van der Waals surface area (Å²) >= 11 is 0. The first kappa shape index (κ1) is 15.6. The lowest BCUT2D eigenvalue weighted by molar-refractivity contribution is -0.131. The van der Waals surface area contributed by atoms with Crippen LogP contribution in [0.3, 0.4) is 0 Å². The van der Waals surface area contributed by atoms with Gasteiger partial charge >= 0.3 is 5.97 Å². The molecule has 0 bridgehead atoms. The van der Waals surface area contributed by atoms with Gasteiger partial charge in [-0.1, -0.05) is 55.1 Å². The van der Waals surface area contributed by atoms with E-state index in [4.69, 9.17) is 14.5 Å². The number of para-hydroxylation sites is 1. The minimum absolute atomic E-state index is 0.187. The van der Waals surface area contributed by atoms with Crippen LogP contribution in [0.1, 0.15) is 5.56 Å². The quantitative estimate of drug-likeness (QED) is 0.520. The predicted octanol–water partition coefficient (Wildman–Crippen LogP) is 4.36. The molecule has 2 heterocycles. The van der Waals surface area contributed by atoms with Gasteiger partial charge in [-0.05, 0) is 23.1 Å². The molecule has 27 heavy (non-hydrogen) atoms. The molecule has 0 amide bonds. The Morgan fingerprint density at radius 3 is 2.81 bits per heavy atom. The number of nitrogens with one attached hydrogen (secondary N) is 1. The maximum Gasteiger partial charge on any atom is 0.336 e. The van der Waals surface area contributed by atoms with Gasteiger partial charge in [0.15, 0.2) is 0 Å². The van der Waals surface area contributed by atoms with Crippen molar-refractivity contribution in [3.8, 4) is 5.75 Å². The van der Waals surface area contributed by atoms with Gasteiger partial charge in [0.05, 0.1) is 0 Å². The van der Waals surface area contributed by atoms with Crippen molar-refractivity contribution in [3.63, 3.8) is 0 Å². The summed E-state index contributed by atoms with van der Waals surface area (Å²) in [5.41, 5.74) is 1.61. The fourth-order valence-electron chi connectivity index (χ4n) is 3.62. The molecule has 0 radical (unpaired) electrons. The zero-order valence-electron chi connectivity index (χ0n) is 14.4. The lowest BCUT2D eigenvalue weighted by atomic mass is 10.0. The minimum atomic E-state index is -1.06. The van der Waals surface area contributed by atoms with Crippen LogP contribution < -0.4 is 10.1 Å². The van der Waals surface area contributed by atoms with E-state index in [-0.39, 0.29) is 5.90 Å². The molecule has 2 aliphatic heterocycles. The number of anilines is 1. The molecule has 0 fully saturated rings. The van der Waals surface area contributed by atoms with Gasteiger partial charge in [0, 0.05) is 23.6 Å². The summed E-state index contributed by atoms with van der Waals surface area (Å²) in [6, 6.07) is 19.7. The van der Waals surface area contributed by atoms with E-state index in [1.807, 2.05) is 60.7 Å². The van der Waals surface area contributed by atoms with Crippen molar-refractivity contribution in [2.75, 3.05) is 5.32 Å². The molecule has 1 unspecified atom stereocenters. The summed E-state index contributed by atoms with van der Waals surface area (Å²) < 4.78 is 11.9. The van der Waals surface area contributed by atoms with Crippen LogP contribution in [-0.2, 0) is 16.0 Å². The molecule has 1 atom stereocenters.